The van der Waals surface area contributed by atoms with Gasteiger partial charge in [0.1, 0.15) is 0 Å². The minimum Gasteiger partial charge on any atom is -0.293 e. The number of hydrogen-bond donors (Lipinski definition) is 0. The molecule has 0 amide bonds. The van der Waals surface area contributed by atoms with Crippen molar-refractivity contribution in [2.24, 2.45) is 0 Å². The van der Waals surface area contributed by atoms with Crippen molar-refractivity contribution in [1.82, 2.24) is 19.9 Å². The summed E-state index contributed by atoms with van der Waals surface area (Å²) in [6, 6.07) is 21.2. The van der Waals surface area contributed by atoms with Gasteiger partial charge in [-0.2, -0.15) is 0 Å². The van der Waals surface area contributed by atoms with E-state index in [2.05, 4.69) is 75.9 Å². The average molecular weight is 292 g/mol. The van der Waals surface area contributed by atoms with E-state index in [0.717, 1.165) is 26.2 Å². The lowest BCUT2D eigenvalue weighted by Crippen LogP contribution is -2.27. The minimum absolute atomic E-state index is 0.847. The van der Waals surface area contributed by atoms with Crippen LogP contribution in [0.15, 0.2) is 73.1 Å². The van der Waals surface area contributed by atoms with Crippen molar-refractivity contribution in [3.8, 4) is 0 Å². The van der Waals surface area contributed by atoms with Gasteiger partial charge in [-0.1, -0.05) is 65.9 Å². The third-order valence-corrected chi connectivity index (χ3v) is 3.62. The van der Waals surface area contributed by atoms with Gasteiger partial charge >= 0.3 is 0 Å². The monoisotopic (exact) mass is 292 g/mol. The van der Waals surface area contributed by atoms with Crippen molar-refractivity contribution < 1.29 is 0 Å². The quantitative estimate of drug-likeness (QED) is 0.671. The topological polar surface area (TPSA) is 34.0 Å². The van der Waals surface area contributed by atoms with E-state index >= 15 is 0 Å². The number of benzene rings is 2. The fourth-order valence-corrected chi connectivity index (χ4v) is 2.49. The number of aromatic nitrogens is 3. The Morgan fingerprint density at radius 3 is 1.91 bits per heavy atom. The van der Waals surface area contributed by atoms with Gasteiger partial charge in [0, 0.05) is 25.8 Å². The Morgan fingerprint density at radius 2 is 1.41 bits per heavy atom. The molecule has 0 unspecified atom stereocenters. The maximum atomic E-state index is 4.04. The van der Waals surface area contributed by atoms with E-state index in [0.29, 0.717) is 0 Å². The predicted octanol–water partition coefficient (Wildman–Crippen LogP) is 2.98. The number of nitrogens with zero attached hydrogens (tertiary/aromatic N) is 4. The van der Waals surface area contributed by atoms with E-state index in [1.54, 1.807) is 6.20 Å². The Bertz CT molecular complexity index is 609. The van der Waals surface area contributed by atoms with E-state index in [9.17, 15) is 0 Å². The zero-order valence-electron chi connectivity index (χ0n) is 12.5. The molecular weight excluding hydrogens is 272 g/mol. The summed E-state index contributed by atoms with van der Waals surface area (Å²) in [5.41, 5.74) is 2.66. The first kappa shape index (κ1) is 14.5. The van der Waals surface area contributed by atoms with Crippen LogP contribution in [-0.2, 0) is 19.6 Å². The van der Waals surface area contributed by atoms with Crippen molar-refractivity contribution in [2.75, 3.05) is 6.54 Å². The van der Waals surface area contributed by atoms with Gasteiger partial charge in [0.2, 0.25) is 0 Å². The molecule has 0 atom stereocenters. The van der Waals surface area contributed by atoms with Crippen molar-refractivity contribution in [3.63, 3.8) is 0 Å². The molecular formula is C18H20N4. The summed E-state index contributed by atoms with van der Waals surface area (Å²) in [5.74, 6) is 0. The average Bonchev–Trinajstić information content (AvgIpc) is 3.08. The third-order valence-electron chi connectivity index (χ3n) is 3.62. The van der Waals surface area contributed by atoms with Crippen LogP contribution < -0.4 is 0 Å². The van der Waals surface area contributed by atoms with Gasteiger partial charge in [0.25, 0.3) is 0 Å². The van der Waals surface area contributed by atoms with E-state index in [1.165, 1.54) is 11.1 Å². The van der Waals surface area contributed by atoms with Crippen LogP contribution in [-0.4, -0.2) is 26.4 Å². The first-order valence-electron chi connectivity index (χ1n) is 7.54. The maximum Gasteiger partial charge on any atom is 0.0692 e. The molecule has 2 aromatic carbocycles. The number of rotatable bonds is 7. The van der Waals surface area contributed by atoms with Crippen LogP contribution >= 0.6 is 0 Å². The lowest BCUT2D eigenvalue weighted by atomic mass is 10.1. The summed E-state index contributed by atoms with van der Waals surface area (Å²) in [7, 11) is 0. The molecule has 3 rings (SSSR count). The normalized spacial score (nSPS) is 11.0. The maximum absolute atomic E-state index is 4.04. The molecule has 0 aliphatic rings. The molecule has 1 heterocycles. The van der Waals surface area contributed by atoms with Crippen LogP contribution in [0.25, 0.3) is 0 Å². The van der Waals surface area contributed by atoms with Gasteiger partial charge in [-0.05, 0) is 11.1 Å². The summed E-state index contributed by atoms with van der Waals surface area (Å²) in [5, 5.41) is 7.90. The van der Waals surface area contributed by atoms with Crippen LogP contribution in [0.5, 0.6) is 0 Å². The SMILES string of the molecule is c1ccc(CN(CCn2ccnn2)Cc2ccccc2)cc1. The van der Waals surface area contributed by atoms with E-state index in [-0.39, 0.29) is 0 Å². The Hall–Kier alpha value is -2.46. The molecule has 4 heteroatoms. The molecule has 22 heavy (non-hydrogen) atoms. The number of hydrogen-bond acceptors (Lipinski definition) is 3. The highest BCUT2D eigenvalue weighted by molar-refractivity contribution is 5.17. The second kappa shape index (κ2) is 7.52. The predicted molar refractivity (Wildman–Crippen MR) is 87.0 cm³/mol. The summed E-state index contributed by atoms with van der Waals surface area (Å²) in [6.07, 6.45) is 3.63. The van der Waals surface area contributed by atoms with Gasteiger partial charge in [0.05, 0.1) is 12.7 Å². The van der Waals surface area contributed by atoms with Gasteiger partial charge in [-0.25, -0.2) is 0 Å². The Balaban J connectivity index is 1.67. The molecule has 3 aromatic rings. The van der Waals surface area contributed by atoms with Crippen molar-refractivity contribution in [3.05, 3.63) is 84.2 Å². The largest absolute Gasteiger partial charge is 0.293 e. The Labute approximate surface area is 131 Å². The zero-order chi connectivity index (χ0) is 15.0. The van der Waals surface area contributed by atoms with Crippen LogP contribution in [0, 0.1) is 0 Å². The standard InChI is InChI=1S/C18H20N4/c1-3-7-17(8-4-1)15-21(13-14-22-12-11-19-20-22)16-18-9-5-2-6-10-18/h1-12H,13-16H2. The van der Waals surface area contributed by atoms with Crippen molar-refractivity contribution in [2.45, 2.75) is 19.6 Å². The molecule has 0 N–H and O–H groups in total. The van der Waals surface area contributed by atoms with Crippen molar-refractivity contribution >= 4 is 0 Å². The van der Waals surface area contributed by atoms with E-state index < -0.39 is 0 Å². The summed E-state index contributed by atoms with van der Waals surface area (Å²) >= 11 is 0. The Morgan fingerprint density at radius 1 is 0.818 bits per heavy atom. The molecule has 0 saturated heterocycles. The second-order valence-electron chi connectivity index (χ2n) is 5.35. The van der Waals surface area contributed by atoms with E-state index in [4.69, 9.17) is 0 Å². The van der Waals surface area contributed by atoms with Crippen LogP contribution in [0.1, 0.15) is 11.1 Å². The van der Waals surface area contributed by atoms with Crippen LogP contribution in [0.2, 0.25) is 0 Å². The zero-order valence-corrected chi connectivity index (χ0v) is 12.5. The highest BCUT2D eigenvalue weighted by atomic mass is 15.4. The lowest BCUT2D eigenvalue weighted by Gasteiger charge is -2.22. The molecule has 0 radical (unpaired) electrons. The minimum atomic E-state index is 0.847. The fourth-order valence-electron chi connectivity index (χ4n) is 2.49. The molecule has 1 aromatic heterocycles. The molecule has 0 aliphatic carbocycles. The van der Waals surface area contributed by atoms with Crippen LogP contribution in [0.4, 0.5) is 0 Å². The van der Waals surface area contributed by atoms with Crippen molar-refractivity contribution in [1.29, 1.82) is 0 Å². The second-order valence-corrected chi connectivity index (χ2v) is 5.35. The highest BCUT2D eigenvalue weighted by Gasteiger charge is 2.07. The Kier molecular flexibility index (Phi) is 4.95. The molecule has 0 saturated carbocycles. The molecule has 0 fully saturated rings. The highest BCUT2D eigenvalue weighted by Crippen LogP contribution is 2.10. The fraction of sp³-hybridized carbons (Fsp3) is 0.222. The van der Waals surface area contributed by atoms with Gasteiger partial charge in [0.15, 0.2) is 0 Å². The van der Waals surface area contributed by atoms with Gasteiger partial charge in [-0.3, -0.25) is 9.58 Å². The molecule has 0 aliphatic heterocycles. The van der Waals surface area contributed by atoms with Gasteiger partial charge in [-0.15, -0.1) is 5.10 Å². The summed E-state index contributed by atoms with van der Waals surface area (Å²) < 4.78 is 1.88. The molecule has 0 spiro atoms. The first-order chi connectivity index (χ1) is 10.9. The van der Waals surface area contributed by atoms with Gasteiger partial charge < -0.3 is 0 Å². The van der Waals surface area contributed by atoms with Crippen LogP contribution in [0.3, 0.4) is 0 Å². The summed E-state index contributed by atoms with van der Waals surface area (Å²) in [6.45, 7) is 3.65. The first-order valence-corrected chi connectivity index (χ1v) is 7.54. The summed E-state index contributed by atoms with van der Waals surface area (Å²) in [4.78, 5) is 2.44. The van der Waals surface area contributed by atoms with E-state index in [1.807, 2.05) is 10.9 Å². The smallest absolute Gasteiger partial charge is 0.0692 e. The molecule has 4 nitrogen and oxygen atoms in total. The molecule has 112 valence electrons. The molecule has 0 bridgehead atoms. The lowest BCUT2D eigenvalue weighted by molar-refractivity contribution is 0.241. The third kappa shape index (κ3) is 4.27.